The van der Waals surface area contributed by atoms with Gasteiger partial charge in [-0.3, -0.25) is 4.79 Å². The Morgan fingerprint density at radius 2 is 2.06 bits per heavy atom. The molecule has 0 spiro atoms. The van der Waals surface area contributed by atoms with Crippen LogP contribution in [0.15, 0.2) is 24.3 Å². The van der Waals surface area contributed by atoms with Crippen LogP contribution in [0.25, 0.3) is 0 Å². The molecule has 0 aliphatic rings. The third-order valence-corrected chi connectivity index (χ3v) is 2.44. The lowest BCUT2D eigenvalue weighted by Crippen LogP contribution is -2.24. The Balaban J connectivity index is 2.43. The summed E-state index contributed by atoms with van der Waals surface area (Å²) in [6.45, 7) is 3.26. The van der Waals surface area contributed by atoms with E-state index in [1.54, 1.807) is 31.4 Å². The SMILES string of the molecule is COCCNCC(O)c1ccc(NC(C)=O)cc1. The zero-order valence-electron chi connectivity index (χ0n) is 10.8. The normalized spacial score (nSPS) is 12.2. The van der Waals surface area contributed by atoms with E-state index in [-0.39, 0.29) is 5.91 Å². The zero-order valence-corrected chi connectivity index (χ0v) is 10.8. The highest BCUT2D eigenvalue weighted by molar-refractivity contribution is 5.88. The van der Waals surface area contributed by atoms with Crippen LogP contribution in [-0.4, -0.2) is 37.8 Å². The highest BCUT2D eigenvalue weighted by atomic mass is 16.5. The number of benzene rings is 1. The van der Waals surface area contributed by atoms with Crippen LogP contribution in [0.1, 0.15) is 18.6 Å². The molecule has 0 saturated heterocycles. The number of ether oxygens (including phenoxy) is 1. The van der Waals surface area contributed by atoms with Crippen molar-refractivity contribution in [1.82, 2.24) is 5.32 Å². The van der Waals surface area contributed by atoms with Gasteiger partial charge in [0.05, 0.1) is 12.7 Å². The Morgan fingerprint density at radius 1 is 1.39 bits per heavy atom. The number of hydrogen-bond acceptors (Lipinski definition) is 4. The molecule has 0 aliphatic carbocycles. The molecule has 1 amide bonds. The van der Waals surface area contributed by atoms with Crippen LogP contribution in [0.5, 0.6) is 0 Å². The molecule has 0 bridgehead atoms. The molecule has 0 heterocycles. The fourth-order valence-electron chi connectivity index (χ4n) is 1.52. The van der Waals surface area contributed by atoms with E-state index < -0.39 is 6.10 Å². The van der Waals surface area contributed by atoms with E-state index in [2.05, 4.69) is 10.6 Å². The number of nitrogens with one attached hydrogen (secondary N) is 2. The van der Waals surface area contributed by atoms with E-state index in [0.717, 1.165) is 11.3 Å². The molecule has 1 unspecified atom stereocenters. The van der Waals surface area contributed by atoms with Gasteiger partial charge in [0.25, 0.3) is 0 Å². The number of aliphatic hydroxyl groups is 1. The molecular weight excluding hydrogens is 232 g/mol. The summed E-state index contributed by atoms with van der Waals surface area (Å²) in [6, 6.07) is 7.14. The highest BCUT2D eigenvalue weighted by Crippen LogP contribution is 2.15. The van der Waals surface area contributed by atoms with Crippen LogP contribution < -0.4 is 10.6 Å². The standard InChI is InChI=1S/C13H20N2O3/c1-10(16)15-12-5-3-11(4-6-12)13(17)9-14-7-8-18-2/h3-6,13-14,17H,7-9H2,1-2H3,(H,15,16). The average Bonchev–Trinajstić information content (AvgIpc) is 2.34. The van der Waals surface area contributed by atoms with Gasteiger partial charge < -0.3 is 20.5 Å². The first-order valence-electron chi connectivity index (χ1n) is 5.88. The molecule has 0 aromatic heterocycles. The first-order chi connectivity index (χ1) is 8.63. The number of rotatable bonds is 7. The zero-order chi connectivity index (χ0) is 13.4. The minimum atomic E-state index is -0.562. The van der Waals surface area contributed by atoms with Gasteiger partial charge in [0.2, 0.25) is 5.91 Å². The van der Waals surface area contributed by atoms with Gasteiger partial charge in [-0.05, 0) is 17.7 Å². The lowest BCUT2D eigenvalue weighted by Gasteiger charge is -2.12. The minimum absolute atomic E-state index is 0.107. The average molecular weight is 252 g/mol. The summed E-state index contributed by atoms with van der Waals surface area (Å²) in [4.78, 5) is 10.9. The van der Waals surface area contributed by atoms with Crippen molar-refractivity contribution < 1.29 is 14.6 Å². The van der Waals surface area contributed by atoms with E-state index >= 15 is 0 Å². The van der Waals surface area contributed by atoms with Gasteiger partial charge in [-0.25, -0.2) is 0 Å². The molecule has 0 radical (unpaired) electrons. The van der Waals surface area contributed by atoms with Crippen molar-refractivity contribution in [3.05, 3.63) is 29.8 Å². The topological polar surface area (TPSA) is 70.6 Å². The number of amides is 1. The Kier molecular flexibility index (Phi) is 6.35. The number of hydrogen-bond donors (Lipinski definition) is 3. The summed E-state index contributed by atoms with van der Waals surface area (Å²) in [6.07, 6.45) is -0.562. The summed E-state index contributed by atoms with van der Waals surface area (Å²) in [5, 5.41) is 15.7. The fraction of sp³-hybridized carbons (Fsp3) is 0.462. The predicted octanol–water partition coefficient (Wildman–Crippen LogP) is 0.914. The second-order valence-electron chi connectivity index (χ2n) is 4.02. The van der Waals surface area contributed by atoms with Crippen molar-refractivity contribution >= 4 is 11.6 Å². The molecule has 1 aromatic rings. The van der Waals surface area contributed by atoms with Gasteiger partial charge in [-0.2, -0.15) is 0 Å². The molecule has 3 N–H and O–H groups in total. The molecule has 0 fully saturated rings. The van der Waals surface area contributed by atoms with Crippen molar-refractivity contribution in [3.8, 4) is 0 Å². The lowest BCUT2D eigenvalue weighted by molar-refractivity contribution is -0.114. The molecule has 1 atom stereocenters. The van der Waals surface area contributed by atoms with Crippen molar-refractivity contribution in [2.24, 2.45) is 0 Å². The van der Waals surface area contributed by atoms with Gasteiger partial charge in [0.15, 0.2) is 0 Å². The van der Waals surface area contributed by atoms with Crippen molar-refractivity contribution in [3.63, 3.8) is 0 Å². The van der Waals surface area contributed by atoms with Crippen LogP contribution in [0.3, 0.4) is 0 Å². The minimum Gasteiger partial charge on any atom is -0.387 e. The van der Waals surface area contributed by atoms with Crippen molar-refractivity contribution in [2.75, 3.05) is 32.1 Å². The van der Waals surface area contributed by atoms with Gasteiger partial charge >= 0.3 is 0 Å². The van der Waals surface area contributed by atoms with Crippen LogP contribution in [-0.2, 0) is 9.53 Å². The predicted molar refractivity (Wildman–Crippen MR) is 70.5 cm³/mol. The van der Waals surface area contributed by atoms with Crippen LogP contribution in [0, 0.1) is 0 Å². The molecular formula is C13H20N2O3. The summed E-state index contributed by atoms with van der Waals surface area (Å²) in [5.74, 6) is -0.107. The largest absolute Gasteiger partial charge is 0.387 e. The maximum Gasteiger partial charge on any atom is 0.221 e. The third-order valence-electron chi connectivity index (χ3n) is 2.44. The molecule has 0 saturated carbocycles. The molecule has 100 valence electrons. The number of anilines is 1. The van der Waals surface area contributed by atoms with Crippen LogP contribution in [0.4, 0.5) is 5.69 Å². The third kappa shape index (κ3) is 5.27. The van der Waals surface area contributed by atoms with E-state index in [0.29, 0.717) is 19.7 Å². The van der Waals surface area contributed by atoms with Gasteiger partial charge in [0.1, 0.15) is 0 Å². The second kappa shape index (κ2) is 7.81. The number of aliphatic hydroxyl groups excluding tert-OH is 1. The quantitative estimate of drug-likeness (QED) is 0.631. The van der Waals surface area contributed by atoms with E-state index in [1.165, 1.54) is 6.92 Å². The molecule has 0 aliphatic heterocycles. The Labute approximate surface area is 107 Å². The van der Waals surface area contributed by atoms with E-state index in [4.69, 9.17) is 4.74 Å². The number of carbonyl (C=O) groups is 1. The summed E-state index contributed by atoms with van der Waals surface area (Å²) < 4.78 is 4.90. The number of carbonyl (C=O) groups excluding carboxylic acids is 1. The van der Waals surface area contributed by atoms with Crippen LogP contribution >= 0.6 is 0 Å². The van der Waals surface area contributed by atoms with E-state index in [9.17, 15) is 9.90 Å². The van der Waals surface area contributed by atoms with E-state index in [1.807, 2.05) is 0 Å². The van der Waals surface area contributed by atoms with Crippen molar-refractivity contribution in [2.45, 2.75) is 13.0 Å². The Morgan fingerprint density at radius 3 is 2.61 bits per heavy atom. The molecule has 5 nitrogen and oxygen atoms in total. The first kappa shape index (κ1) is 14.6. The van der Waals surface area contributed by atoms with Crippen LogP contribution in [0.2, 0.25) is 0 Å². The summed E-state index contributed by atoms with van der Waals surface area (Å²) in [7, 11) is 1.64. The van der Waals surface area contributed by atoms with Gasteiger partial charge in [-0.15, -0.1) is 0 Å². The summed E-state index contributed by atoms with van der Waals surface area (Å²) in [5.41, 5.74) is 1.54. The smallest absolute Gasteiger partial charge is 0.221 e. The fourth-order valence-corrected chi connectivity index (χ4v) is 1.52. The second-order valence-corrected chi connectivity index (χ2v) is 4.02. The molecule has 18 heavy (non-hydrogen) atoms. The monoisotopic (exact) mass is 252 g/mol. The van der Waals surface area contributed by atoms with Gasteiger partial charge in [0, 0.05) is 32.8 Å². The Hall–Kier alpha value is -1.43. The molecule has 5 heteroatoms. The maximum absolute atomic E-state index is 10.9. The highest BCUT2D eigenvalue weighted by Gasteiger charge is 2.06. The lowest BCUT2D eigenvalue weighted by atomic mass is 10.1. The first-order valence-corrected chi connectivity index (χ1v) is 5.88. The van der Waals surface area contributed by atoms with Crippen molar-refractivity contribution in [1.29, 1.82) is 0 Å². The Bertz CT molecular complexity index is 365. The maximum atomic E-state index is 10.9. The molecule has 1 aromatic carbocycles. The molecule has 1 rings (SSSR count). The van der Waals surface area contributed by atoms with Gasteiger partial charge in [-0.1, -0.05) is 12.1 Å². The number of methoxy groups -OCH3 is 1. The summed E-state index contributed by atoms with van der Waals surface area (Å²) >= 11 is 0.